The van der Waals surface area contributed by atoms with Crippen molar-refractivity contribution in [1.82, 2.24) is 4.98 Å². The zero-order valence-corrected chi connectivity index (χ0v) is 9.29. The normalized spacial score (nSPS) is 10.4. The van der Waals surface area contributed by atoms with E-state index in [1.165, 1.54) is 6.07 Å². The number of aryl methyl sites for hydroxylation is 2. The molecular weight excluding hydrogens is 203 g/mol. The zero-order valence-electron chi connectivity index (χ0n) is 9.29. The second kappa shape index (κ2) is 3.93. The number of pyridine rings is 1. The lowest BCUT2D eigenvalue weighted by atomic mass is 10.0. The summed E-state index contributed by atoms with van der Waals surface area (Å²) in [5.74, 6) is -0.385. The minimum atomic E-state index is -0.385. The fourth-order valence-electron chi connectivity index (χ4n) is 1.71. The van der Waals surface area contributed by atoms with Crippen LogP contribution in [0.5, 0.6) is 0 Å². The van der Waals surface area contributed by atoms with Crippen molar-refractivity contribution in [2.75, 3.05) is 5.73 Å². The van der Waals surface area contributed by atoms with Gasteiger partial charge in [0.2, 0.25) is 0 Å². The van der Waals surface area contributed by atoms with Crippen molar-refractivity contribution in [1.29, 1.82) is 0 Å². The van der Waals surface area contributed by atoms with Crippen molar-refractivity contribution in [2.45, 2.75) is 13.8 Å². The van der Waals surface area contributed by atoms with Gasteiger partial charge in [-0.05, 0) is 49.2 Å². The number of halogens is 1. The van der Waals surface area contributed by atoms with Gasteiger partial charge in [-0.1, -0.05) is 6.07 Å². The minimum absolute atomic E-state index is 0.172. The predicted molar refractivity (Wildman–Crippen MR) is 63.5 cm³/mol. The van der Waals surface area contributed by atoms with Crippen LogP contribution in [0.1, 0.15) is 11.4 Å². The number of nitrogens with two attached hydrogens (primary N) is 1. The molecule has 1 aromatic heterocycles. The lowest BCUT2D eigenvalue weighted by molar-refractivity contribution is 0.633. The molecule has 0 aliphatic carbocycles. The molecule has 0 radical (unpaired) electrons. The molecule has 0 saturated heterocycles. The fourth-order valence-corrected chi connectivity index (χ4v) is 1.71. The molecule has 1 aromatic carbocycles. The molecular formula is C13H13FN2. The van der Waals surface area contributed by atoms with Crippen molar-refractivity contribution in [3.63, 3.8) is 0 Å². The van der Waals surface area contributed by atoms with Gasteiger partial charge in [-0.2, -0.15) is 0 Å². The standard InChI is InChI=1S/C13H13FN2/c1-8-5-11(6-9(2)16-8)10-3-4-13(15)12(14)7-10/h3-7H,15H2,1-2H3. The Morgan fingerprint density at radius 2 is 1.62 bits per heavy atom. The first-order valence-corrected chi connectivity index (χ1v) is 5.07. The quantitative estimate of drug-likeness (QED) is 0.744. The lowest BCUT2D eigenvalue weighted by Crippen LogP contribution is -1.92. The van der Waals surface area contributed by atoms with Gasteiger partial charge in [0.25, 0.3) is 0 Å². The molecule has 2 rings (SSSR count). The highest BCUT2D eigenvalue weighted by Gasteiger charge is 2.04. The van der Waals surface area contributed by atoms with Crippen LogP contribution >= 0.6 is 0 Å². The Balaban J connectivity index is 2.54. The van der Waals surface area contributed by atoms with E-state index < -0.39 is 0 Å². The summed E-state index contributed by atoms with van der Waals surface area (Å²) in [6.07, 6.45) is 0. The molecule has 2 N–H and O–H groups in total. The van der Waals surface area contributed by atoms with E-state index in [9.17, 15) is 4.39 Å². The van der Waals surface area contributed by atoms with E-state index >= 15 is 0 Å². The Kier molecular flexibility index (Phi) is 2.60. The first kappa shape index (κ1) is 10.6. The molecule has 16 heavy (non-hydrogen) atoms. The van der Waals surface area contributed by atoms with E-state index in [-0.39, 0.29) is 11.5 Å². The molecule has 3 heteroatoms. The summed E-state index contributed by atoms with van der Waals surface area (Å²) in [6.45, 7) is 3.84. The van der Waals surface area contributed by atoms with Crippen molar-refractivity contribution < 1.29 is 4.39 Å². The highest BCUT2D eigenvalue weighted by molar-refractivity contribution is 5.66. The largest absolute Gasteiger partial charge is 0.396 e. The Labute approximate surface area is 93.9 Å². The number of nitrogen functional groups attached to an aromatic ring is 1. The molecule has 0 fully saturated rings. The molecule has 0 saturated carbocycles. The van der Waals surface area contributed by atoms with Crippen LogP contribution in [0.2, 0.25) is 0 Å². The molecule has 2 aromatic rings. The highest BCUT2D eigenvalue weighted by Crippen LogP contribution is 2.23. The second-order valence-corrected chi connectivity index (χ2v) is 3.87. The van der Waals surface area contributed by atoms with E-state index in [1.54, 1.807) is 6.07 Å². The number of aromatic nitrogens is 1. The second-order valence-electron chi connectivity index (χ2n) is 3.87. The predicted octanol–water partition coefficient (Wildman–Crippen LogP) is 3.09. The first-order chi connectivity index (χ1) is 7.56. The van der Waals surface area contributed by atoms with Gasteiger partial charge in [0.05, 0.1) is 5.69 Å². The van der Waals surface area contributed by atoms with Gasteiger partial charge in [-0.3, -0.25) is 4.98 Å². The monoisotopic (exact) mass is 216 g/mol. The van der Waals surface area contributed by atoms with E-state index in [4.69, 9.17) is 5.73 Å². The first-order valence-electron chi connectivity index (χ1n) is 5.07. The third-order valence-electron chi connectivity index (χ3n) is 2.42. The average Bonchev–Trinajstić information content (AvgIpc) is 2.20. The van der Waals surface area contributed by atoms with Crippen LogP contribution in [0, 0.1) is 19.7 Å². The van der Waals surface area contributed by atoms with E-state index in [2.05, 4.69) is 4.98 Å². The fraction of sp³-hybridized carbons (Fsp3) is 0.154. The van der Waals surface area contributed by atoms with Crippen molar-refractivity contribution in [2.24, 2.45) is 0 Å². The molecule has 0 atom stereocenters. The van der Waals surface area contributed by atoms with Gasteiger partial charge in [0, 0.05) is 11.4 Å². The Bertz CT molecular complexity index is 515. The summed E-state index contributed by atoms with van der Waals surface area (Å²) in [5.41, 5.74) is 9.24. The van der Waals surface area contributed by atoms with Crippen LogP contribution in [0.4, 0.5) is 10.1 Å². The molecule has 0 aliphatic rings. The maximum absolute atomic E-state index is 13.3. The van der Waals surface area contributed by atoms with E-state index in [0.29, 0.717) is 0 Å². The van der Waals surface area contributed by atoms with Gasteiger partial charge >= 0.3 is 0 Å². The summed E-state index contributed by atoms with van der Waals surface area (Å²) >= 11 is 0. The SMILES string of the molecule is Cc1cc(-c2ccc(N)c(F)c2)cc(C)n1. The Morgan fingerprint density at radius 3 is 2.19 bits per heavy atom. The van der Waals surface area contributed by atoms with Crippen molar-refractivity contribution in [3.05, 3.63) is 47.5 Å². The topological polar surface area (TPSA) is 38.9 Å². The number of hydrogen-bond acceptors (Lipinski definition) is 2. The summed E-state index contributed by atoms with van der Waals surface area (Å²) in [6, 6.07) is 8.70. The summed E-state index contributed by atoms with van der Waals surface area (Å²) in [5, 5.41) is 0. The zero-order chi connectivity index (χ0) is 11.7. The van der Waals surface area contributed by atoms with Gasteiger partial charge in [0.15, 0.2) is 0 Å². The number of anilines is 1. The highest BCUT2D eigenvalue weighted by atomic mass is 19.1. The Morgan fingerprint density at radius 1 is 1.00 bits per heavy atom. The van der Waals surface area contributed by atoms with Crippen LogP contribution < -0.4 is 5.73 Å². The maximum atomic E-state index is 13.3. The molecule has 0 aliphatic heterocycles. The molecule has 2 nitrogen and oxygen atoms in total. The third kappa shape index (κ3) is 2.03. The van der Waals surface area contributed by atoms with Gasteiger partial charge in [0.1, 0.15) is 5.82 Å². The smallest absolute Gasteiger partial charge is 0.146 e. The molecule has 0 unspecified atom stereocenters. The maximum Gasteiger partial charge on any atom is 0.146 e. The van der Waals surface area contributed by atoms with Crippen molar-refractivity contribution >= 4 is 5.69 Å². The number of nitrogens with zero attached hydrogens (tertiary/aromatic N) is 1. The number of hydrogen-bond donors (Lipinski definition) is 1. The number of benzene rings is 1. The summed E-state index contributed by atoms with van der Waals surface area (Å²) in [7, 11) is 0. The number of rotatable bonds is 1. The van der Waals surface area contributed by atoms with Crippen LogP contribution in [0.25, 0.3) is 11.1 Å². The van der Waals surface area contributed by atoms with Crippen LogP contribution in [0.15, 0.2) is 30.3 Å². The van der Waals surface area contributed by atoms with Crippen LogP contribution in [-0.2, 0) is 0 Å². The summed E-state index contributed by atoms with van der Waals surface area (Å²) < 4.78 is 13.3. The molecule has 0 bridgehead atoms. The molecule has 1 heterocycles. The van der Waals surface area contributed by atoms with Crippen molar-refractivity contribution in [3.8, 4) is 11.1 Å². The van der Waals surface area contributed by atoms with E-state index in [1.807, 2.05) is 32.0 Å². The van der Waals surface area contributed by atoms with Gasteiger partial charge in [-0.15, -0.1) is 0 Å². The van der Waals surface area contributed by atoms with Crippen LogP contribution in [-0.4, -0.2) is 4.98 Å². The minimum Gasteiger partial charge on any atom is -0.396 e. The molecule has 0 spiro atoms. The summed E-state index contributed by atoms with van der Waals surface area (Å²) in [4.78, 5) is 4.28. The molecule has 0 amide bonds. The molecule has 82 valence electrons. The lowest BCUT2D eigenvalue weighted by Gasteiger charge is -2.05. The van der Waals surface area contributed by atoms with Gasteiger partial charge < -0.3 is 5.73 Å². The average molecular weight is 216 g/mol. The third-order valence-corrected chi connectivity index (χ3v) is 2.42. The van der Waals surface area contributed by atoms with E-state index in [0.717, 1.165) is 22.5 Å². The van der Waals surface area contributed by atoms with Crippen LogP contribution in [0.3, 0.4) is 0 Å². The Hall–Kier alpha value is -1.90. The van der Waals surface area contributed by atoms with Gasteiger partial charge in [-0.25, -0.2) is 4.39 Å².